The second kappa shape index (κ2) is 7.91. The van der Waals surface area contributed by atoms with E-state index in [1.54, 1.807) is 6.07 Å². The number of halogens is 1. The number of nitrogens with one attached hydrogen (secondary N) is 1. The predicted molar refractivity (Wildman–Crippen MR) is 90.4 cm³/mol. The van der Waals surface area contributed by atoms with Crippen molar-refractivity contribution in [1.82, 2.24) is 5.32 Å². The van der Waals surface area contributed by atoms with Gasteiger partial charge in [-0.3, -0.25) is 4.79 Å². The van der Waals surface area contributed by atoms with Crippen LogP contribution >= 0.6 is 11.6 Å². The molecule has 3 rings (SSSR count). The van der Waals surface area contributed by atoms with Crippen molar-refractivity contribution in [3.05, 3.63) is 22.7 Å². The van der Waals surface area contributed by atoms with E-state index in [1.165, 1.54) is 32.1 Å². The smallest absolute Gasteiger partial charge is 0.224 e. The molecule has 126 valence electrons. The summed E-state index contributed by atoms with van der Waals surface area (Å²) in [6.45, 7) is 1.02. The van der Waals surface area contributed by atoms with Crippen LogP contribution in [0.3, 0.4) is 0 Å². The minimum atomic E-state index is 0.0586. The molecule has 1 saturated carbocycles. The van der Waals surface area contributed by atoms with Crippen molar-refractivity contribution in [2.45, 2.75) is 57.4 Å². The maximum atomic E-state index is 12.3. The van der Waals surface area contributed by atoms with Crippen LogP contribution in [0.4, 0.5) is 0 Å². The Morgan fingerprint density at radius 3 is 2.57 bits per heavy atom. The summed E-state index contributed by atoms with van der Waals surface area (Å²) in [4.78, 5) is 12.3. The Balaban J connectivity index is 1.60. The van der Waals surface area contributed by atoms with Gasteiger partial charge in [-0.15, -0.1) is 0 Å². The van der Waals surface area contributed by atoms with Crippen LogP contribution in [0.5, 0.6) is 11.5 Å². The Morgan fingerprint density at radius 1 is 1.09 bits per heavy atom. The van der Waals surface area contributed by atoms with Gasteiger partial charge < -0.3 is 14.8 Å². The lowest BCUT2D eigenvalue weighted by molar-refractivity contribution is -0.121. The van der Waals surface area contributed by atoms with Gasteiger partial charge in [0.25, 0.3) is 0 Å². The summed E-state index contributed by atoms with van der Waals surface area (Å²) in [5.41, 5.74) is 0.864. The molecular formula is C18H24ClNO3. The summed E-state index contributed by atoms with van der Waals surface area (Å²) in [6.07, 6.45) is 8.82. The third-order valence-electron chi connectivity index (χ3n) is 4.49. The largest absolute Gasteiger partial charge is 0.486 e. The van der Waals surface area contributed by atoms with Crippen molar-refractivity contribution < 1.29 is 14.3 Å². The minimum Gasteiger partial charge on any atom is -0.486 e. The highest BCUT2D eigenvalue weighted by Gasteiger charge is 2.19. The molecule has 0 atom stereocenters. The number of amides is 1. The SMILES string of the molecule is O=C(Cc1cc(Cl)c2c(c1)OCCO2)NC1CCCCCCC1. The molecule has 1 N–H and O–H groups in total. The van der Waals surface area contributed by atoms with Gasteiger partial charge >= 0.3 is 0 Å². The zero-order valence-corrected chi connectivity index (χ0v) is 14.2. The molecular weight excluding hydrogens is 314 g/mol. The molecule has 1 aromatic rings. The van der Waals surface area contributed by atoms with Crippen molar-refractivity contribution >= 4 is 17.5 Å². The normalized spacial score (nSPS) is 18.8. The molecule has 2 aliphatic rings. The summed E-state index contributed by atoms with van der Waals surface area (Å²) >= 11 is 6.23. The van der Waals surface area contributed by atoms with Crippen LogP contribution in [0.2, 0.25) is 5.02 Å². The lowest BCUT2D eigenvalue weighted by Gasteiger charge is -2.22. The Morgan fingerprint density at radius 2 is 1.78 bits per heavy atom. The Kier molecular flexibility index (Phi) is 5.65. The van der Waals surface area contributed by atoms with Gasteiger partial charge in [0.05, 0.1) is 11.4 Å². The number of carbonyl (C=O) groups excluding carboxylic acids is 1. The maximum absolute atomic E-state index is 12.3. The van der Waals surface area contributed by atoms with E-state index >= 15 is 0 Å². The van der Waals surface area contributed by atoms with Gasteiger partial charge in [0.1, 0.15) is 13.2 Å². The van der Waals surface area contributed by atoms with E-state index in [2.05, 4.69) is 5.32 Å². The second-order valence-electron chi connectivity index (χ2n) is 6.39. The molecule has 1 fully saturated rings. The van der Waals surface area contributed by atoms with E-state index < -0.39 is 0 Å². The molecule has 5 heteroatoms. The molecule has 0 aromatic heterocycles. The van der Waals surface area contributed by atoms with E-state index in [0.717, 1.165) is 18.4 Å². The number of fused-ring (bicyclic) bond motifs is 1. The third kappa shape index (κ3) is 4.54. The van der Waals surface area contributed by atoms with Gasteiger partial charge in [-0.2, -0.15) is 0 Å². The van der Waals surface area contributed by atoms with E-state index in [-0.39, 0.29) is 5.91 Å². The fourth-order valence-electron chi connectivity index (χ4n) is 3.33. The first kappa shape index (κ1) is 16.4. The first-order chi connectivity index (χ1) is 11.2. The van der Waals surface area contributed by atoms with Crippen LogP contribution in [0.25, 0.3) is 0 Å². The molecule has 1 aliphatic carbocycles. The predicted octanol–water partition coefficient (Wildman–Crippen LogP) is 3.88. The molecule has 0 saturated heterocycles. The number of benzene rings is 1. The average Bonchev–Trinajstić information content (AvgIpc) is 2.50. The Bertz CT molecular complexity index is 553. The van der Waals surface area contributed by atoms with Crippen molar-refractivity contribution in [2.75, 3.05) is 13.2 Å². The summed E-state index contributed by atoms with van der Waals surface area (Å²) in [7, 11) is 0. The quantitative estimate of drug-likeness (QED) is 0.910. The molecule has 23 heavy (non-hydrogen) atoms. The van der Waals surface area contributed by atoms with Gasteiger partial charge in [0, 0.05) is 6.04 Å². The molecule has 0 bridgehead atoms. The van der Waals surface area contributed by atoms with Gasteiger partial charge in [0.2, 0.25) is 5.91 Å². The van der Waals surface area contributed by atoms with Gasteiger partial charge in [0.15, 0.2) is 11.5 Å². The summed E-state index contributed by atoms with van der Waals surface area (Å²) in [5.74, 6) is 1.28. The molecule has 0 unspecified atom stereocenters. The highest BCUT2D eigenvalue weighted by molar-refractivity contribution is 6.32. The standard InChI is InChI=1S/C18H24ClNO3/c19-15-10-13(11-16-18(15)23-9-8-22-16)12-17(21)20-14-6-4-2-1-3-5-7-14/h10-11,14H,1-9,12H2,(H,20,21). The highest BCUT2D eigenvalue weighted by Crippen LogP contribution is 2.38. The highest BCUT2D eigenvalue weighted by atomic mass is 35.5. The van der Waals surface area contributed by atoms with Crippen molar-refractivity contribution in [1.29, 1.82) is 0 Å². The van der Waals surface area contributed by atoms with Crippen molar-refractivity contribution in [3.63, 3.8) is 0 Å². The number of carbonyl (C=O) groups is 1. The Hall–Kier alpha value is -1.42. The summed E-state index contributed by atoms with van der Waals surface area (Å²) < 4.78 is 11.1. The van der Waals surface area contributed by atoms with Crippen LogP contribution < -0.4 is 14.8 Å². The zero-order valence-electron chi connectivity index (χ0n) is 13.4. The average molecular weight is 338 g/mol. The lowest BCUT2D eigenvalue weighted by Crippen LogP contribution is -2.36. The van der Waals surface area contributed by atoms with Crippen molar-refractivity contribution in [2.24, 2.45) is 0 Å². The molecule has 1 amide bonds. The molecule has 1 aromatic carbocycles. The molecule has 0 radical (unpaired) electrons. The first-order valence-electron chi connectivity index (χ1n) is 8.60. The fraction of sp³-hybridized carbons (Fsp3) is 0.611. The zero-order chi connectivity index (χ0) is 16.1. The van der Waals surface area contributed by atoms with Crippen LogP contribution in [0.1, 0.15) is 50.5 Å². The Labute approximate surface area is 142 Å². The molecule has 1 heterocycles. The van der Waals surface area contributed by atoms with Gasteiger partial charge in [-0.1, -0.05) is 43.7 Å². The molecule has 0 spiro atoms. The van der Waals surface area contributed by atoms with Crippen LogP contribution in [0.15, 0.2) is 12.1 Å². The first-order valence-corrected chi connectivity index (χ1v) is 8.97. The molecule has 1 aliphatic heterocycles. The number of hydrogen-bond acceptors (Lipinski definition) is 3. The van der Waals surface area contributed by atoms with Gasteiger partial charge in [-0.05, 0) is 30.5 Å². The van der Waals surface area contributed by atoms with Crippen LogP contribution in [-0.2, 0) is 11.2 Å². The monoisotopic (exact) mass is 337 g/mol. The molecule has 4 nitrogen and oxygen atoms in total. The summed E-state index contributed by atoms with van der Waals surface area (Å²) in [5, 5.41) is 3.69. The number of ether oxygens (including phenoxy) is 2. The summed E-state index contributed by atoms with van der Waals surface area (Å²) in [6, 6.07) is 3.97. The minimum absolute atomic E-state index is 0.0586. The second-order valence-corrected chi connectivity index (χ2v) is 6.80. The topological polar surface area (TPSA) is 47.6 Å². The van der Waals surface area contributed by atoms with Crippen LogP contribution in [0, 0.1) is 0 Å². The van der Waals surface area contributed by atoms with E-state index in [4.69, 9.17) is 21.1 Å². The van der Waals surface area contributed by atoms with Crippen LogP contribution in [-0.4, -0.2) is 25.2 Å². The number of rotatable bonds is 3. The lowest BCUT2D eigenvalue weighted by atomic mass is 9.96. The van der Waals surface area contributed by atoms with E-state index in [9.17, 15) is 4.79 Å². The van der Waals surface area contributed by atoms with E-state index in [0.29, 0.717) is 42.2 Å². The fourth-order valence-corrected chi connectivity index (χ4v) is 3.62. The van der Waals surface area contributed by atoms with Gasteiger partial charge in [-0.25, -0.2) is 0 Å². The van der Waals surface area contributed by atoms with E-state index in [1.807, 2.05) is 6.07 Å². The number of hydrogen-bond donors (Lipinski definition) is 1. The van der Waals surface area contributed by atoms with Crippen molar-refractivity contribution in [3.8, 4) is 11.5 Å². The maximum Gasteiger partial charge on any atom is 0.224 e. The third-order valence-corrected chi connectivity index (χ3v) is 4.77.